The second-order valence-electron chi connectivity index (χ2n) is 0. The topological polar surface area (TPSA) is 34.1 Å². The molecule has 0 aromatic carbocycles. The van der Waals surface area contributed by atoms with Gasteiger partial charge in [0, 0.05) is 0 Å². The van der Waals surface area contributed by atoms with E-state index in [0.717, 1.165) is 0 Å². The average Bonchev–Trinajstić information content (AvgIpc) is 1.50. The van der Waals surface area contributed by atoms with Gasteiger partial charge in [-0.25, -0.2) is 0 Å². The van der Waals surface area contributed by atoms with E-state index in [1.165, 1.54) is 0 Å². The van der Waals surface area contributed by atoms with Gasteiger partial charge in [0.2, 0.25) is 0 Å². The molecule has 0 amide bonds. The molecule has 0 aliphatic carbocycles. The van der Waals surface area contributed by atoms with E-state index in [1.54, 1.807) is 0 Å². The first-order valence-corrected chi connectivity index (χ1v) is 3.44. The van der Waals surface area contributed by atoms with E-state index in [9.17, 15) is 0 Å². The van der Waals surface area contributed by atoms with Crippen molar-refractivity contribution in [2.24, 2.45) is 0 Å². The summed E-state index contributed by atoms with van der Waals surface area (Å²) in [5.74, 6) is 0. The molecular formula is H4In2O2Zn. The minimum atomic E-state index is -0.1000. The van der Waals surface area contributed by atoms with Crippen LogP contribution >= 0.6 is 0 Å². The molecule has 0 heterocycles. The summed E-state index contributed by atoms with van der Waals surface area (Å²) < 4.78 is 16.8. The van der Waals surface area contributed by atoms with E-state index in [0.29, 0.717) is 0 Å². The number of hydrogen-bond donors (Lipinski definition) is 0. The summed E-state index contributed by atoms with van der Waals surface area (Å²) in [5, 5.41) is 0. The van der Waals surface area contributed by atoms with Gasteiger partial charge in [-0.15, -0.1) is 0 Å². The van der Waals surface area contributed by atoms with Crippen LogP contribution in [0.2, 0.25) is 0 Å². The third-order valence-electron chi connectivity index (χ3n) is 0. The third kappa shape index (κ3) is 24.3. The Morgan fingerprint density at radius 2 is 1.20 bits per heavy atom. The predicted octanol–water partition coefficient (Wildman–Crippen LogP) is -2.07. The Morgan fingerprint density at radius 1 is 1.20 bits per heavy atom. The van der Waals surface area contributed by atoms with Crippen LogP contribution in [0.15, 0.2) is 0 Å². The Bertz CT molecular complexity index is 9.61. The predicted molar refractivity (Wildman–Crippen MR) is 18.5 cm³/mol. The van der Waals surface area contributed by atoms with E-state index < -0.39 is 0 Å². The molecule has 0 aliphatic heterocycles. The molecule has 0 N–H and O–H groups in total. The molecule has 0 aliphatic rings. The first-order chi connectivity index (χ1) is 2.00. The Labute approximate surface area is 73.8 Å². The fraction of sp³-hybridized carbons (Fsp3) is 0. The summed E-state index contributed by atoms with van der Waals surface area (Å²) in [7, 11) is 0. The van der Waals surface area contributed by atoms with Crippen molar-refractivity contribution in [2.45, 2.75) is 0 Å². The normalized spacial score (nSPS) is 1.80. The molecule has 0 saturated heterocycles. The third-order valence-corrected chi connectivity index (χ3v) is 0. The molecule has 0 aromatic heterocycles. The van der Waals surface area contributed by atoms with Crippen molar-refractivity contribution in [1.29, 1.82) is 0 Å². The van der Waals surface area contributed by atoms with Crippen LogP contribution in [-0.4, -0.2) is 50.2 Å². The summed E-state index contributed by atoms with van der Waals surface area (Å²) in [4.78, 5) is 0. The average molecular weight is 331 g/mol. The quantitative estimate of drug-likeness (QED) is 0.478. The van der Waals surface area contributed by atoms with Crippen molar-refractivity contribution in [3.05, 3.63) is 0 Å². The van der Waals surface area contributed by atoms with Gasteiger partial charge in [-0.3, -0.25) is 0 Å². The minimum absolute atomic E-state index is 0. The standard InChI is InChI=1S/2In.2O.Zn.4H. The van der Waals surface area contributed by atoms with Crippen molar-refractivity contribution in [3.63, 3.8) is 0 Å². The van der Waals surface area contributed by atoms with Crippen LogP contribution < -0.4 is 0 Å². The van der Waals surface area contributed by atoms with Crippen molar-refractivity contribution in [3.8, 4) is 0 Å². The summed E-state index contributed by atoms with van der Waals surface area (Å²) in [6.45, 7) is 0. The summed E-state index contributed by atoms with van der Waals surface area (Å²) in [6.07, 6.45) is 0. The summed E-state index contributed by atoms with van der Waals surface area (Å²) in [6, 6.07) is 0. The Kier molecular flexibility index (Phi) is 120. The van der Waals surface area contributed by atoms with Crippen LogP contribution in [0.3, 0.4) is 0 Å². The van der Waals surface area contributed by atoms with Gasteiger partial charge in [0.1, 0.15) is 0 Å². The molecule has 0 spiro atoms. The van der Waals surface area contributed by atoms with E-state index in [4.69, 9.17) is 6.43 Å². The molecule has 5 heteroatoms. The van der Waals surface area contributed by atoms with Crippen molar-refractivity contribution in [1.82, 2.24) is 0 Å². The van der Waals surface area contributed by atoms with Gasteiger partial charge in [-0.1, -0.05) is 0 Å². The fourth-order valence-electron chi connectivity index (χ4n) is 0. The van der Waals surface area contributed by atoms with Gasteiger partial charge in [-0.05, 0) is 0 Å². The molecule has 0 unspecified atom stereocenters. The van der Waals surface area contributed by atoms with Gasteiger partial charge in [-0.2, -0.15) is 0 Å². The Morgan fingerprint density at radius 3 is 1.20 bits per heavy atom. The van der Waals surface area contributed by atoms with Gasteiger partial charge in [0.15, 0.2) is 0 Å². The van der Waals surface area contributed by atoms with Gasteiger partial charge >= 0.3 is 74.9 Å². The fourth-order valence-corrected chi connectivity index (χ4v) is 0. The molecule has 0 saturated carbocycles. The summed E-state index contributed by atoms with van der Waals surface area (Å²) >= 11 is 0.0250. The van der Waals surface area contributed by atoms with Crippen molar-refractivity contribution < 1.29 is 24.7 Å². The maximum atomic E-state index is 8.42. The van der Waals surface area contributed by atoms with Crippen molar-refractivity contribution in [2.75, 3.05) is 0 Å². The first kappa shape index (κ1) is 15.8. The van der Waals surface area contributed by atoms with Crippen LogP contribution in [0.1, 0.15) is 0 Å². The Balaban J connectivity index is -0.0000000133. The van der Waals surface area contributed by atoms with E-state index in [1.807, 2.05) is 0 Å². The monoisotopic (exact) mass is 330 g/mol. The zero-order valence-corrected chi connectivity index (χ0v) is 9.23. The van der Waals surface area contributed by atoms with Crippen molar-refractivity contribution >= 4 is 50.2 Å². The zero-order valence-electron chi connectivity index (χ0n) is 2.23. The molecule has 0 rings (SSSR count). The Hall–Kier alpha value is 1.96. The van der Waals surface area contributed by atoms with E-state index in [-0.39, 0.29) is 68.5 Å². The SMILES string of the molecule is [InH3].[O]=[InH].[O]=[Zn]. The first-order valence-electron chi connectivity index (χ1n) is 0.577. The van der Waals surface area contributed by atoms with Gasteiger partial charge in [0.05, 0.1) is 0 Å². The van der Waals surface area contributed by atoms with E-state index in [2.05, 4.69) is 0 Å². The molecule has 0 atom stereocenters. The number of rotatable bonds is 0. The summed E-state index contributed by atoms with van der Waals surface area (Å²) in [5.41, 5.74) is 0. The van der Waals surface area contributed by atoms with E-state index >= 15 is 0 Å². The van der Waals surface area contributed by atoms with Crippen LogP contribution in [-0.2, 0) is 24.7 Å². The molecule has 0 fully saturated rings. The molecule has 5 heavy (non-hydrogen) atoms. The van der Waals surface area contributed by atoms with Crippen LogP contribution in [0.25, 0.3) is 0 Å². The second kappa shape index (κ2) is 38.1. The molecule has 0 bridgehead atoms. The second-order valence-corrected chi connectivity index (χ2v) is 0. The molecule has 2 nitrogen and oxygen atoms in total. The van der Waals surface area contributed by atoms with Crippen LogP contribution in [0, 0.1) is 0 Å². The van der Waals surface area contributed by atoms with Gasteiger partial charge in [0.25, 0.3) is 0 Å². The maximum absolute atomic E-state index is 8.42. The van der Waals surface area contributed by atoms with Crippen LogP contribution in [0.5, 0.6) is 0 Å². The molecule has 0 radical (unpaired) electrons. The van der Waals surface area contributed by atoms with Crippen LogP contribution in [0.4, 0.5) is 0 Å². The number of hydrogen-bond acceptors (Lipinski definition) is 2. The molecule has 0 aromatic rings. The van der Waals surface area contributed by atoms with Gasteiger partial charge < -0.3 is 0 Å². The zero-order chi connectivity index (χ0) is 4.00. The molecular weight excluding hydrogens is 327 g/mol. The molecule has 24 valence electrons.